The zero-order chi connectivity index (χ0) is 22.6. The molecule has 10 heteroatoms. The lowest BCUT2D eigenvalue weighted by Gasteiger charge is -2.07. The number of carbonyl (C=O) groups excluding carboxylic acids is 1. The second kappa shape index (κ2) is 9.29. The molecule has 0 saturated heterocycles. The first kappa shape index (κ1) is 21.0. The molecule has 0 aliphatic carbocycles. The Hall–Kier alpha value is -3.92. The highest BCUT2D eigenvalue weighted by Crippen LogP contribution is 2.22. The number of hydrogen-bond donors (Lipinski definition) is 1. The molecule has 0 spiro atoms. The second-order valence-corrected chi connectivity index (χ2v) is 8.28. The van der Waals surface area contributed by atoms with E-state index in [-0.39, 0.29) is 17.2 Å². The van der Waals surface area contributed by atoms with Gasteiger partial charge in [0, 0.05) is 6.54 Å². The molecule has 2 aromatic carbocycles. The number of benzene rings is 2. The molecular formula is C23H20N6O3S. The number of oxazole rings is 1. The average molecular weight is 461 g/mol. The third kappa shape index (κ3) is 4.65. The minimum atomic E-state index is -0.145. The molecule has 5 aromatic rings. The van der Waals surface area contributed by atoms with Gasteiger partial charge in [-0.15, -0.1) is 0 Å². The summed E-state index contributed by atoms with van der Waals surface area (Å²) in [6.07, 6.45) is 3.06. The molecule has 9 nitrogen and oxygen atoms in total. The lowest BCUT2D eigenvalue weighted by molar-refractivity contribution is -0.118. The molecule has 0 unspecified atom stereocenters. The summed E-state index contributed by atoms with van der Waals surface area (Å²) in [4.78, 5) is 33.8. The molecule has 3 heterocycles. The van der Waals surface area contributed by atoms with Crippen molar-refractivity contribution in [3.05, 3.63) is 83.0 Å². The number of nitrogens with zero attached hydrogens (tertiary/aromatic N) is 5. The van der Waals surface area contributed by atoms with Crippen molar-refractivity contribution < 1.29 is 9.21 Å². The van der Waals surface area contributed by atoms with E-state index in [0.29, 0.717) is 41.5 Å². The molecule has 0 atom stereocenters. The zero-order valence-corrected chi connectivity index (χ0v) is 18.4. The van der Waals surface area contributed by atoms with Crippen molar-refractivity contribution in [1.82, 2.24) is 29.6 Å². The van der Waals surface area contributed by atoms with E-state index in [2.05, 4.69) is 20.4 Å². The quantitative estimate of drug-likeness (QED) is 0.355. The van der Waals surface area contributed by atoms with Crippen molar-refractivity contribution in [3.8, 4) is 0 Å². The molecular weight excluding hydrogens is 440 g/mol. The number of carbonyl (C=O) groups is 1. The topological polar surface area (TPSA) is 108 Å². The number of thioether (sulfide) groups is 1. The Labute approximate surface area is 192 Å². The van der Waals surface area contributed by atoms with Crippen LogP contribution in [0.2, 0.25) is 0 Å². The van der Waals surface area contributed by atoms with E-state index in [1.807, 2.05) is 54.6 Å². The Kier molecular flexibility index (Phi) is 5.90. The number of rotatable bonds is 8. The molecule has 0 radical (unpaired) electrons. The Morgan fingerprint density at radius 1 is 1.09 bits per heavy atom. The standard InChI is InChI=1S/C23H20N6O3S/c30-20(14-33-23-27-18-8-4-5-9-19(18)32-23)24-10-11-29-21-17(12-26-29)22(31)28(15-25-21)13-16-6-2-1-3-7-16/h1-9,12,15H,10-11,13-14H2,(H,24,30). The van der Waals surface area contributed by atoms with Gasteiger partial charge < -0.3 is 9.73 Å². The first-order chi connectivity index (χ1) is 16.2. The van der Waals surface area contributed by atoms with Crippen LogP contribution in [-0.2, 0) is 17.9 Å². The van der Waals surface area contributed by atoms with E-state index in [9.17, 15) is 9.59 Å². The summed E-state index contributed by atoms with van der Waals surface area (Å²) in [6, 6.07) is 17.2. The smallest absolute Gasteiger partial charge is 0.264 e. The van der Waals surface area contributed by atoms with Crippen LogP contribution in [0.1, 0.15) is 5.56 Å². The third-order valence-corrected chi connectivity index (χ3v) is 5.89. The Morgan fingerprint density at radius 2 is 1.91 bits per heavy atom. The largest absolute Gasteiger partial charge is 0.431 e. The Balaban J connectivity index is 1.17. The molecule has 0 aliphatic rings. The molecule has 0 bridgehead atoms. The molecule has 0 aliphatic heterocycles. The van der Waals surface area contributed by atoms with Gasteiger partial charge in [0.1, 0.15) is 17.2 Å². The normalized spacial score (nSPS) is 11.3. The Morgan fingerprint density at radius 3 is 2.76 bits per heavy atom. The van der Waals surface area contributed by atoms with E-state index < -0.39 is 0 Å². The van der Waals surface area contributed by atoms with E-state index in [0.717, 1.165) is 11.1 Å². The van der Waals surface area contributed by atoms with Gasteiger partial charge in [0.15, 0.2) is 11.2 Å². The predicted octanol–water partition coefficient (Wildman–Crippen LogP) is 2.69. The zero-order valence-electron chi connectivity index (χ0n) is 17.5. The highest BCUT2D eigenvalue weighted by molar-refractivity contribution is 7.99. The van der Waals surface area contributed by atoms with Gasteiger partial charge in [-0.2, -0.15) is 5.10 Å². The van der Waals surface area contributed by atoms with E-state index >= 15 is 0 Å². The van der Waals surface area contributed by atoms with Crippen LogP contribution in [0.4, 0.5) is 0 Å². The molecule has 1 amide bonds. The summed E-state index contributed by atoms with van der Waals surface area (Å²) >= 11 is 1.24. The summed E-state index contributed by atoms with van der Waals surface area (Å²) in [5.41, 5.74) is 2.84. The van der Waals surface area contributed by atoms with Crippen molar-refractivity contribution in [2.24, 2.45) is 0 Å². The third-order valence-electron chi connectivity index (χ3n) is 5.06. The van der Waals surface area contributed by atoms with Crippen molar-refractivity contribution in [2.75, 3.05) is 12.3 Å². The number of fused-ring (bicyclic) bond motifs is 2. The molecule has 3 aromatic heterocycles. The van der Waals surface area contributed by atoms with Gasteiger partial charge in [-0.3, -0.25) is 14.2 Å². The summed E-state index contributed by atoms with van der Waals surface area (Å²) in [6.45, 7) is 1.21. The summed E-state index contributed by atoms with van der Waals surface area (Å²) in [7, 11) is 0. The van der Waals surface area contributed by atoms with E-state index in [4.69, 9.17) is 4.42 Å². The monoisotopic (exact) mass is 460 g/mol. The SMILES string of the molecule is O=C(CSc1nc2ccccc2o1)NCCn1ncc2c(=O)n(Cc3ccccc3)cnc21. The predicted molar refractivity (Wildman–Crippen MR) is 125 cm³/mol. The van der Waals surface area contributed by atoms with Crippen molar-refractivity contribution >= 4 is 39.8 Å². The number of amides is 1. The fourth-order valence-corrected chi connectivity index (χ4v) is 4.11. The van der Waals surface area contributed by atoms with Gasteiger partial charge in [0.25, 0.3) is 10.8 Å². The van der Waals surface area contributed by atoms with Crippen LogP contribution in [0.3, 0.4) is 0 Å². The van der Waals surface area contributed by atoms with Crippen molar-refractivity contribution in [3.63, 3.8) is 0 Å². The summed E-state index contributed by atoms with van der Waals surface area (Å²) in [5.74, 6) is 0.0478. The number of para-hydroxylation sites is 2. The van der Waals surface area contributed by atoms with Crippen LogP contribution >= 0.6 is 11.8 Å². The lowest BCUT2D eigenvalue weighted by atomic mass is 10.2. The first-order valence-electron chi connectivity index (χ1n) is 10.4. The minimum Gasteiger partial charge on any atom is -0.431 e. The van der Waals surface area contributed by atoms with Crippen molar-refractivity contribution in [2.45, 2.75) is 18.3 Å². The molecule has 166 valence electrons. The molecule has 5 rings (SSSR count). The highest BCUT2D eigenvalue weighted by atomic mass is 32.2. The molecule has 0 saturated carbocycles. The fourth-order valence-electron chi connectivity index (χ4n) is 3.45. The van der Waals surface area contributed by atoms with Crippen LogP contribution in [0.25, 0.3) is 22.1 Å². The van der Waals surface area contributed by atoms with Crippen LogP contribution in [-0.4, -0.2) is 42.5 Å². The molecule has 1 N–H and O–H groups in total. The second-order valence-electron chi connectivity index (χ2n) is 7.35. The molecule has 33 heavy (non-hydrogen) atoms. The van der Waals surface area contributed by atoms with Crippen LogP contribution < -0.4 is 10.9 Å². The summed E-state index contributed by atoms with van der Waals surface area (Å²) in [5, 5.41) is 8.03. The van der Waals surface area contributed by atoms with Crippen molar-refractivity contribution in [1.29, 1.82) is 0 Å². The first-order valence-corrected chi connectivity index (χ1v) is 11.4. The summed E-state index contributed by atoms with van der Waals surface area (Å²) < 4.78 is 8.79. The maximum atomic E-state index is 12.8. The Bertz CT molecular complexity index is 1440. The van der Waals surface area contributed by atoms with Gasteiger partial charge in [0.05, 0.1) is 25.0 Å². The lowest BCUT2D eigenvalue weighted by Crippen LogP contribution is -2.29. The van der Waals surface area contributed by atoms with Crippen LogP contribution in [0.5, 0.6) is 0 Å². The number of aromatic nitrogens is 5. The highest BCUT2D eigenvalue weighted by Gasteiger charge is 2.12. The van der Waals surface area contributed by atoms with Gasteiger partial charge in [-0.05, 0) is 17.7 Å². The minimum absolute atomic E-state index is 0.142. The maximum Gasteiger partial charge on any atom is 0.264 e. The van der Waals surface area contributed by atoms with Crippen LogP contribution in [0.15, 0.2) is 81.6 Å². The van der Waals surface area contributed by atoms with Crippen LogP contribution in [0, 0.1) is 0 Å². The van der Waals surface area contributed by atoms with Gasteiger partial charge in [-0.1, -0.05) is 54.2 Å². The number of nitrogens with one attached hydrogen (secondary N) is 1. The van der Waals surface area contributed by atoms with E-state index in [1.165, 1.54) is 24.3 Å². The molecule has 0 fully saturated rings. The van der Waals surface area contributed by atoms with Gasteiger partial charge >= 0.3 is 0 Å². The number of hydrogen-bond acceptors (Lipinski definition) is 7. The van der Waals surface area contributed by atoms with Gasteiger partial charge in [-0.25, -0.2) is 14.6 Å². The fraction of sp³-hybridized carbons (Fsp3) is 0.174. The van der Waals surface area contributed by atoms with E-state index in [1.54, 1.807) is 9.25 Å². The van der Waals surface area contributed by atoms with Gasteiger partial charge in [0.2, 0.25) is 5.91 Å². The maximum absolute atomic E-state index is 12.8. The average Bonchev–Trinajstić information content (AvgIpc) is 3.44.